The molecule has 0 radical (unpaired) electrons. The van der Waals surface area contributed by atoms with Crippen LogP contribution in [0.15, 0.2) is 30.3 Å². The first-order valence-electron chi connectivity index (χ1n) is 6.14. The molecule has 1 unspecified atom stereocenters. The lowest BCUT2D eigenvalue weighted by Gasteiger charge is -2.14. The third kappa shape index (κ3) is 5.52. The average molecular weight is 265 g/mol. The van der Waals surface area contributed by atoms with Crippen molar-refractivity contribution in [3.05, 3.63) is 35.9 Å². The summed E-state index contributed by atoms with van der Waals surface area (Å²) in [5, 5.41) is 2.63. The highest BCUT2D eigenvalue weighted by Gasteiger charge is 2.21. The van der Waals surface area contributed by atoms with Crippen molar-refractivity contribution in [2.75, 3.05) is 20.3 Å². The van der Waals surface area contributed by atoms with Gasteiger partial charge in [-0.3, -0.25) is 4.79 Å². The molecule has 0 aliphatic heterocycles. The predicted molar refractivity (Wildman–Crippen MR) is 70.5 cm³/mol. The van der Waals surface area contributed by atoms with Gasteiger partial charge in [0, 0.05) is 20.6 Å². The van der Waals surface area contributed by atoms with E-state index in [9.17, 15) is 9.59 Å². The summed E-state index contributed by atoms with van der Waals surface area (Å²) < 4.78 is 10.3. The van der Waals surface area contributed by atoms with E-state index in [1.165, 1.54) is 14.0 Å². The SMILES string of the molecule is COC(C(=O)OCCCNC(C)=O)c1ccccc1. The van der Waals surface area contributed by atoms with Crippen molar-refractivity contribution >= 4 is 11.9 Å². The van der Waals surface area contributed by atoms with Gasteiger partial charge in [0.15, 0.2) is 6.10 Å². The molecule has 0 fully saturated rings. The van der Waals surface area contributed by atoms with Crippen LogP contribution in [0, 0.1) is 0 Å². The van der Waals surface area contributed by atoms with Crippen LogP contribution >= 0.6 is 0 Å². The summed E-state index contributed by atoms with van der Waals surface area (Å²) in [6.07, 6.45) is -0.127. The maximum absolute atomic E-state index is 11.8. The Labute approximate surface area is 112 Å². The van der Waals surface area contributed by atoms with Crippen LogP contribution in [0.1, 0.15) is 25.0 Å². The van der Waals surface area contributed by atoms with E-state index in [0.29, 0.717) is 13.0 Å². The Kier molecular flexibility index (Phi) is 6.60. The van der Waals surface area contributed by atoms with Crippen molar-refractivity contribution in [1.82, 2.24) is 5.32 Å². The average Bonchev–Trinajstić information content (AvgIpc) is 2.40. The molecule has 19 heavy (non-hydrogen) atoms. The number of nitrogens with one attached hydrogen (secondary N) is 1. The summed E-state index contributed by atoms with van der Waals surface area (Å²) in [4.78, 5) is 22.5. The second kappa shape index (κ2) is 8.26. The minimum Gasteiger partial charge on any atom is -0.463 e. The molecule has 0 bridgehead atoms. The van der Waals surface area contributed by atoms with E-state index in [4.69, 9.17) is 9.47 Å². The molecule has 5 heteroatoms. The Morgan fingerprint density at radius 2 is 1.95 bits per heavy atom. The Balaban J connectivity index is 2.37. The first-order chi connectivity index (χ1) is 9.15. The van der Waals surface area contributed by atoms with E-state index < -0.39 is 12.1 Å². The van der Waals surface area contributed by atoms with Gasteiger partial charge in [0.1, 0.15) is 0 Å². The zero-order valence-electron chi connectivity index (χ0n) is 11.2. The minimum absolute atomic E-state index is 0.0922. The summed E-state index contributed by atoms with van der Waals surface area (Å²) in [6, 6.07) is 9.17. The molecule has 1 N–H and O–H groups in total. The zero-order valence-corrected chi connectivity index (χ0v) is 11.2. The Morgan fingerprint density at radius 1 is 1.26 bits per heavy atom. The van der Waals surface area contributed by atoms with E-state index in [1.807, 2.05) is 30.3 Å². The van der Waals surface area contributed by atoms with Crippen LogP contribution in [-0.2, 0) is 19.1 Å². The second-order valence-corrected chi connectivity index (χ2v) is 4.03. The molecule has 1 rings (SSSR count). The van der Waals surface area contributed by atoms with Gasteiger partial charge in [-0.05, 0) is 12.0 Å². The number of hydrogen-bond donors (Lipinski definition) is 1. The topological polar surface area (TPSA) is 64.6 Å². The number of carbonyl (C=O) groups is 2. The Morgan fingerprint density at radius 3 is 2.53 bits per heavy atom. The fraction of sp³-hybridized carbons (Fsp3) is 0.429. The fourth-order valence-corrected chi connectivity index (χ4v) is 1.58. The molecule has 104 valence electrons. The van der Waals surface area contributed by atoms with Crippen molar-refractivity contribution < 1.29 is 19.1 Å². The Bertz CT molecular complexity index is 405. The van der Waals surface area contributed by atoms with Gasteiger partial charge in [-0.25, -0.2) is 4.79 Å². The van der Waals surface area contributed by atoms with Gasteiger partial charge in [-0.2, -0.15) is 0 Å². The van der Waals surface area contributed by atoms with Crippen LogP contribution in [0.5, 0.6) is 0 Å². The molecular weight excluding hydrogens is 246 g/mol. The molecule has 1 aromatic carbocycles. The van der Waals surface area contributed by atoms with Gasteiger partial charge in [-0.1, -0.05) is 30.3 Å². The first kappa shape index (κ1) is 15.2. The number of carbonyl (C=O) groups excluding carboxylic acids is 2. The molecule has 0 aliphatic carbocycles. The molecule has 0 spiro atoms. The quantitative estimate of drug-likeness (QED) is 0.598. The molecule has 1 atom stereocenters. The summed E-state index contributed by atoms with van der Waals surface area (Å²) in [5.41, 5.74) is 0.761. The molecule has 1 aromatic rings. The number of rotatable bonds is 7. The second-order valence-electron chi connectivity index (χ2n) is 4.03. The number of esters is 1. The van der Waals surface area contributed by atoms with E-state index in [0.717, 1.165) is 5.56 Å². The van der Waals surface area contributed by atoms with Crippen molar-refractivity contribution in [3.63, 3.8) is 0 Å². The van der Waals surface area contributed by atoms with Gasteiger partial charge in [0.25, 0.3) is 0 Å². The maximum atomic E-state index is 11.8. The van der Waals surface area contributed by atoms with Crippen molar-refractivity contribution in [3.8, 4) is 0 Å². The van der Waals surface area contributed by atoms with Gasteiger partial charge >= 0.3 is 5.97 Å². The van der Waals surface area contributed by atoms with Crippen LogP contribution in [0.25, 0.3) is 0 Å². The van der Waals surface area contributed by atoms with Gasteiger partial charge in [-0.15, -0.1) is 0 Å². The highest BCUT2D eigenvalue weighted by atomic mass is 16.6. The smallest absolute Gasteiger partial charge is 0.339 e. The Hall–Kier alpha value is -1.88. The number of hydrogen-bond acceptors (Lipinski definition) is 4. The van der Waals surface area contributed by atoms with Crippen LogP contribution in [-0.4, -0.2) is 32.1 Å². The standard InChI is InChI=1S/C14H19NO4/c1-11(16)15-9-6-10-19-14(17)13(18-2)12-7-4-3-5-8-12/h3-5,7-8,13H,6,9-10H2,1-2H3,(H,15,16). The summed E-state index contributed by atoms with van der Waals surface area (Å²) in [7, 11) is 1.47. The molecule has 0 saturated carbocycles. The molecule has 1 amide bonds. The van der Waals surface area contributed by atoms with Gasteiger partial charge < -0.3 is 14.8 Å². The maximum Gasteiger partial charge on any atom is 0.339 e. The van der Waals surface area contributed by atoms with Gasteiger partial charge in [0.05, 0.1) is 6.61 Å². The lowest BCUT2D eigenvalue weighted by molar-refractivity contribution is -0.155. The highest BCUT2D eigenvalue weighted by Crippen LogP contribution is 2.17. The monoisotopic (exact) mass is 265 g/mol. The van der Waals surface area contributed by atoms with E-state index >= 15 is 0 Å². The van der Waals surface area contributed by atoms with E-state index in [1.54, 1.807) is 0 Å². The highest BCUT2D eigenvalue weighted by molar-refractivity contribution is 5.76. The van der Waals surface area contributed by atoms with Gasteiger partial charge in [0.2, 0.25) is 5.91 Å². The number of methoxy groups -OCH3 is 1. The van der Waals surface area contributed by atoms with E-state index in [-0.39, 0.29) is 12.5 Å². The largest absolute Gasteiger partial charge is 0.463 e. The van der Waals surface area contributed by atoms with Crippen molar-refractivity contribution in [2.45, 2.75) is 19.4 Å². The summed E-state index contributed by atoms with van der Waals surface area (Å²) in [6.45, 7) is 2.19. The summed E-state index contributed by atoms with van der Waals surface area (Å²) >= 11 is 0. The van der Waals surface area contributed by atoms with Crippen molar-refractivity contribution in [1.29, 1.82) is 0 Å². The van der Waals surface area contributed by atoms with Crippen molar-refractivity contribution in [2.24, 2.45) is 0 Å². The van der Waals surface area contributed by atoms with Crippen LogP contribution in [0.2, 0.25) is 0 Å². The molecule has 0 heterocycles. The minimum atomic E-state index is -0.707. The third-order valence-electron chi connectivity index (χ3n) is 2.49. The summed E-state index contributed by atoms with van der Waals surface area (Å²) in [5.74, 6) is -0.512. The number of amides is 1. The number of benzene rings is 1. The first-order valence-corrected chi connectivity index (χ1v) is 6.14. The van der Waals surface area contributed by atoms with Crippen LogP contribution < -0.4 is 5.32 Å². The number of ether oxygens (including phenoxy) is 2. The lowest BCUT2D eigenvalue weighted by Crippen LogP contribution is -2.23. The molecule has 0 aliphatic rings. The fourth-order valence-electron chi connectivity index (χ4n) is 1.58. The molecule has 0 aromatic heterocycles. The zero-order chi connectivity index (χ0) is 14.1. The third-order valence-corrected chi connectivity index (χ3v) is 2.49. The molecule has 5 nitrogen and oxygen atoms in total. The molecular formula is C14H19NO4. The van der Waals surface area contributed by atoms with E-state index in [2.05, 4.69) is 5.32 Å². The normalized spacial score (nSPS) is 11.7. The lowest BCUT2D eigenvalue weighted by atomic mass is 10.1. The van der Waals surface area contributed by atoms with Crippen LogP contribution in [0.3, 0.4) is 0 Å². The molecule has 0 saturated heterocycles. The predicted octanol–water partition coefficient (Wildman–Crippen LogP) is 1.44. The van der Waals surface area contributed by atoms with Crippen LogP contribution in [0.4, 0.5) is 0 Å².